The zero-order chi connectivity index (χ0) is 14.0. The predicted molar refractivity (Wildman–Crippen MR) is 72.3 cm³/mol. The standard InChI is InChI=1S/C13H24F2O2S/c1-4-8-11(12(16)17-3)18-10-7-6-9-13(14,15)5-2/h11H,4-10H2,1-3H3. The molecule has 108 valence electrons. The highest BCUT2D eigenvalue weighted by atomic mass is 32.2. The average molecular weight is 282 g/mol. The molecule has 0 saturated carbocycles. The number of thioether (sulfide) groups is 1. The van der Waals surface area contributed by atoms with E-state index in [1.165, 1.54) is 25.8 Å². The molecule has 0 aliphatic heterocycles. The third-order valence-electron chi connectivity index (χ3n) is 2.79. The fourth-order valence-corrected chi connectivity index (χ4v) is 2.84. The van der Waals surface area contributed by atoms with Gasteiger partial charge in [-0.3, -0.25) is 4.79 Å². The van der Waals surface area contributed by atoms with Crippen molar-refractivity contribution in [3.8, 4) is 0 Å². The smallest absolute Gasteiger partial charge is 0.318 e. The van der Waals surface area contributed by atoms with Gasteiger partial charge >= 0.3 is 5.97 Å². The van der Waals surface area contributed by atoms with Gasteiger partial charge in [0.25, 0.3) is 0 Å². The highest BCUT2D eigenvalue weighted by Gasteiger charge is 2.25. The molecule has 0 N–H and O–H groups in total. The summed E-state index contributed by atoms with van der Waals surface area (Å²) in [5, 5.41) is -0.147. The topological polar surface area (TPSA) is 26.3 Å². The van der Waals surface area contributed by atoms with E-state index in [0.717, 1.165) is 25.0 Å². The van der Waals surface area contributed by atoms with E-state index in [2.05, 4.69) is 0 Å². The first-order valence-electron chi connectivity index (χ1n) is 6.54. The minimum atomic E-state index is -2.53. The number of halogens is 2. The largest absolute Gasteiger partial charge is 0.468 e. The Kier molecular flexibility index (Phi) is 9.42. The normalized spacial score (nSPS) is 13.4. The molecule has 1 atom stereocenters. The first-order valence-corrected chi connectivity index (χ1v) is 7.59. The monoisotopic (exact) mass is 282 g/mol. The maximum Gasteiger partial charge on any atom is 0.318 e. The first-order chi connectivity index (χ1) is 8.46. The summed E-state index contributed by atoms with van der Waals surface area (Å²) in [7, 11) is 1.38. The molecule has 0 rings (SSSR count). The van der Waals surface area contributed by atoms with Crippen LogP contribution < -0.4 is 0 Å². The van der Waals surface area contributed by atoms with Crippen LogP contribution in [0.2, 0.25) is 0 Å². The van der Waals surface area contributed by atoms with Crippen LogP contribution in [0.1, 0.15) is 52.4 Å². The van der Waals surface area contributed by atoms with Gasteiger partial charge in [0.15, 0.2) is 0 Å². The Morgan fingerprint density at radius 3 is 2.50 bits per heavy atom. The highest BCUT2D eigenvalue weighted by molar-refractivity contribution is 8.00. The lowest BCUT2D eigenvalue weighted by Crippen LogP contribution is -2.19. The number of hydrogen-bond donors (Lipinski definition) is 0. The van der Waals surface area contributed by atoms with Crippen molar-refractivity contribution in [2.24, 2.45) is 0 Å². The molecule has 1 unspecified atom stereocenters. The Bertz CT molecular complexity index is 235. The van der Waals surface area contributed by atoms with E-state index in [-0.39, 0.29) is 24.1 Å². The molecular formula is C13H24F2O2S. The molecule has 0 aliphatic rings. The average Bonchev–Trinajstić information content (AvgIpc) is 2.36. The molecule has 0 heterocycles. The van der Waals surface area contributed by atoms with Gasteiger partial charge in [0.1, 0.15) is 5.25 Å². The zero-order valence-corrected chi connectivity index (χ0v) is 12.3. The van der Waals surface area contributed by atoms with Crippen molar-refractivity contribution in [1.82, 2.24) is 0 Å². The highest BCUT2D eigenvalue weighted by Crippen LogP contribution is 2.26. The zero-order valence-electron chi connectivity index (χ0n) is 11.5. The fraction of sp³-hybridized carbons (Fsp3) is 0.923. The van der Waals surface area contributed by atoms with Crippen LogP contribution in [-0.2, 0) is 9.53 Å². The van der Waals surface area contributed by atoms with Crippen LogP contribution in [0, 0.1) is 0 Å². The molecular weight excluding hydrogens is 258 g/mol. The van der Waals surface area contributed by atoms with E-state index >= 15 is 0 Å². The van der Waals surface area contributed by atoms with Crippen LogP contribution in [0.5, 0.6) is 0 Å². The van der Waals surface area contributed by atoms with Crippen LogP contribution in [0.3, 0.4) is 0 Å². The number of methoxy groups -OCH3 is 1. The lowest BCUT2D eigenvalue weighted by atomic mass is 10.1. The quantitative estimate of drug-likeness (QED) is 0.442. The third-order valence-corrected chi connectivity index (χ3v) is 4.14. The fourth-order valence-electron chi connectivity index (χ4n) is 1.55. The van der Waals surface area contributed by atoms with Gasteiger partial charge in [-0.2, -0.15) is 0 Å². The third kappa shape index (κ3) is 7.90. The minimum Gasteiger partial charge on any atom is -0.468 e. The second-order valence-electron chi connectivity index (χ2n) is 4.34. The molecule has 18 heavy (non-hydrogen) atoms. The summed E-state index contributed by atoms with van der Waals surface area (Å²) in [4.78, 5) is 11.4. The Balaban J connectivity index is 3.77. The Hall–Kier alpha value is -0.320. The van der Waals surface area contributed by atoms with Crippen LogP contribution in [-0.4, -0.2) is 30.0 Å². The van der Waals surface area contributed by atoms with E-state index in [1.54, 1.807) is 0 Å². The van der Waals surface area contributed by atoms with Crippen LogP contribution >= 0.6 is 11.8 Å². The van der Waals surface area contributed by atoms with Gasteiger partial charge in [-0.1, -0.05) is 20.3 Å². The molecule has 0 aromatic rings. The summed E-state index contributed by atoms with van der Waals surface area (Å²) in [6, 6.07) is 0. The van der Waals surface area contributed by atoms with Gasteiger partial charge in [0, 0.05) is 12.8 Å². The van der Waals surface area contributed by atoms with E-state index in [0.29, 0.717) is 6.42 Å². The van der Waals surface area contributed by atoms with Crippen LogP contribution in [0.15, 0.2) is 0 Å². The van der Waals surface area contributed by atoms with Crippen molar-refractivity contribution in [2.45, 2.75) is 63.5 Å². The maximum atomic E-state index is 13.0. The molecule has 0 aromatic heterocycles. The first kappa shape index (κ1) is 17.7. The molecule has 0 saturated heterocycles. The van der Waals surface area contributed by atoms with E-state index in [9.17, 15) is 13.6 Å². The Morgan fingerprint density at radius 1 is 1.33 bits per heavy atom. The summed E-state index contributed by atoms with van der Waals surface area (Å²) >= 11 is 1.52. The predicted octanol–water partition coefficient (Wildman–Crippen LogP) is 4.28. The summed E-state index contributed by atoms with van der Waals surface area (Å²) in [6.45, 7) is 3.52. The molecule has 0 fully saturated rings. The van der Waals surface area contributed by atoms with Crippen molar-refractivity contribution < 1.29 is 18.3 Å². The van der Waals surface area contributed by atoms with E-state index < -0.39 is 5.92 Å². The molecule has 0 amide bonds. The summed E-state index contributed by atoms with van der Waals surface area (Å²) in [6.07, 6.45) is 2.77. The van der Waals surface area contributed by atoms with Crippen molar-refractivity contribution in [2.75, 3.05) is 12.9 Å². The van der Waals surface area contributed by atoms with Gasteiger partial charge in [0.05, 0.1) is 7.11 Å². The lowest BCUT2D eigenvalue weighted by molar-refractivity contribution is -0.140. The summed E-state index contributed by atoms with van der Waals surface area (Å²) in [5.74, 6) is -2.00. The van der Waals surface area contributed by atoms with Gasteiger partial charge in [0.2, 0.25) is 5.92 Å². The minimum absolute atomic E-state index is 0.0548. The molecule has 0 spiro atoms. The van der Waals surface area contributed by atoms with Crippen molar-refractivity contribution >= 4 is 17.7 Å². The number of ether oxygens (including phenoxy) is 1. The van der Waals surface area contributed by atoms with Gasteiger partial charge in [-0.25, -0.2) is 8.78 Å². The number of esters is 1. The SMILES string of the molecule is CCCC(SCCCCC(F)(F)CC)C(=O)OC. The van der Waals surface area contributed by atoms with Crippen molar-refractivity contribution in [1.29, 1.82) is 0 Å². The second-order valence-corrected chi connectivity index (χ2v) is 5.65. The molecule has 0 bridgehead atoms. The van der Waals surface area contributed by atoms with Crippen molar-refractivity contribution in [3.63, 3.8) is 0 Å². The molecule has 0 radical (unpaired) electrons. The number of carbonyl (C=O) groups excluding carboxylic acids is 1. The van der Waals surface area contributed by atoms with Crippen LogP contribution in [0.25, 0.3) is 0 Å². The maximum absolute atomic E-state index is 13.0. The van der Waals surface area contributed by atoms with Gasteiger partial charge < -0.3 is 4.74 Å². The van der Waals surface area contributed by atoms with Gasteiger partial charge in [-0.15, -0.1) is 11.8 Å². The Labute approximate surface area is 113 Å². The van der Waals surface area contributed by atoms with Crippen molar-refractivity contribution in [3.05, 3.63) is 0 Å². The van der Waals surface area contributed by atoms with Gasteiger partial charge in [-0.05, 0) is 25.0 Å². The molecule has 0 aromatic carbocycles. The second kappa shape index (κ2) is 9.59. The number of rotatable bonds is 10. The van der Waals surface area contributed by atoms with Crippen LogP contribution in [0.4, 0.5) is 8.78 Å². The number of hydrogen-bond acceptors (Lipinski definition) is 3. The summed E-state index contributed by atoms with van der Waals surface area (Å²) in [5.41, 5.74) is 0. The lowest BCUT2D eigenvalue weighted by Gasteiger charge is -2.15. The molecule has 0 aliphatic carbocycles. The molecule has 5 heteroatoms. The Morgan fingerprint density at radius 2 is 2.00 bits per heavy atom. The summed E-state index contributed by atoms with van der Waals surface area (Å²) < 4.78 is 30.6. The van der Waals surface area contributed by atoms with E-state index in [1.807, 2.05) is 6.92 Å². The van der Waals surface area contributed by atoms with E-state index in [4.69, 9.17) is 4.74 Å². The molecule has 2 nitrogen and oxygen atoms in total. The number of alkyl halides is 2. The number of carbonyl (C=O) groups is 1. The number of unbranched alkanes of at least 4 members (excludes halogenated alkanes) is 1.